The summed E-state index contributed by atoms with van der Waals surface area (Å²) in [5.74, 6) is -0.0211. The molecule has 0 unspecified atom stereocenters. The summed E-state index contributed by atoms with van der Waals surface area (Å²) in [6.07, 6.45) is -1.10. The average Bonchev–Trinajstić information content (AvgIpc) is 3.21. The first-order valence-electron chi connectivity index (χ1n) is 8.36. The van der Waals surface area contributed by atoms with Gasteiger partial charge in [-0.3, -0.25) is 4.79 Å². The standard InChI is InChI=1S/C20H18ClNO4/c1-25-17-11-22(10-15(17)23)20(24)19-18(12-5-3-2-4-6-12)14-8-7-13(21)9-16(14)26-19/h2-9,15,17,23H,10-11H2,1H3/t15-,17-/m1/s1. The summed E-state index contributed by atoms with van der Waals surface area (Å²) in [5, 5.41) is 11.4. The minimum atomic E-state index is -0.706. The average molecular weight is 372 g/mol. The number of β-amino-alcohol motifs (C(OH)–C–C–N with tert-alkyl or cyclic N) is 1. The molecular weight excluding hydrogens is 354 g/mol. The lowest BCUT2D eigenvalue weighted by molar-refractivity contribution is 0.0215. The Bertz CT molecular complexity index is 953. The fourth-order valence-electron chi connectivity index (χ4n) is 3.41. The number of amides is 1. The third-order valence-electron chi connectivity index (χ3n) is 4.74. The molecule has 5 nitrogen and oxygen atoms in total. The minimum absolute atomic E-state index is 0.212. The Kier molecular flexibility index (Phi) is 4.44. The van der Waals surface area contributed by atoms with Crippen LogP contribution in [-0.2, 0) is 4.74 Å². The molecule has 2 aromatic carbocycles. The molecule has 2 heterocycles. The van der Waals surface area contributed by atoms with E-state index in [0.717, 1.165) is 16.5 Å². The van der Waals surface area contributed by atoms with Crippen LogP contribution in [0.5, 0.6) is 0 Å². The molecule has 1 fully saturated rings. The third-order valence-corrected chi connectivity index (χ3v) is 4.97. The number of carbonyl (C=O) groups excluding carboxylic acids is 1. The van der Waals surface area contributed by atoms with Gasteiger partial charge >= 0.3 is 0 Å². The van der Waals surface area contributed by atoms with Gasteiger partial charge < -0.3 is 19.2 Å². The van der Waals surface area contributed by atoms with Crippen LogP contribution in [0.4, 0.5) is 0 Å². The molecule has 1 saturated heterocycles. The molecule has 1 aliphatic rings. The number of ether oxygens (including phenoxy) is 1. The molecule has 3 aromatic rings. The van der Waals surface area contributed by atoms with Crippen LogP contribution < -0.4 is 0 Å². The van der Waals surface area contributed by atoms with Crippen LogP contribution in [0.2, 0.25) is 5.02 Å². The van der Waals surface area contributed by atoms with Gasteiger partial charge in [0, 0.05) is 42.2 Å². The number of nitrogens with zero attached hydrogens (tertiary/aromatic N) is 1. The van der Waals surface area contributed by atoms with Crippen molar-refractivity contribution >= 4 is 28.5 Å². The predicted molar refractivity (Wildman–Crippen MR) is 99.4 cm³/mol. The summed E-state index contributed by atoms with van der Waals surface area (Å²) in [5.41, 5.74) is 2.18. The van der Waals surface area contributed by atoms with Crippen molar-refractivity contribution in [1.82, 2.24) is 4.90 Å². The quantitative estimate of drug-likeness (QED) is 0.764. The van der Waals surface area contributed by atoms with Gasteiger partial charge in [-0.25, -0.2) is 0 Å². The summed E-state index contributed by atoms with van der Waals surface area (Å²) in [6, 6.07) is 15.0. The van der Waals surface area contributed by atoms with Gasteiger partial charge in [-0.05, 0) is 17.7 Å². The number of halogens is 1. The van der Waals surface area contributed by atoms with Crippen molar-refractivity contribution in [2.24, 2.45) is 0 Å². The monoisotopic (exact) mass is 371 g/mol. The van der Waals surface area contributed by atoms with Crippen molar-refractivity contribution in [3.63, 3.8) is 0 Å². The molecule has 1 N–H and O–H groups in total. The van der Waals surface area contributed by atoms with Crippen LogP contribution in [0.1, 0.15) is 10.6 Å². The number of likely N-dealkylation sites (tertiary alicyclic amines) is 1. The van der Waals surface area contributed by atoms with Gasteiger partial charge in [0.05, 0.1) is 6.10 Å². The fourth-order valence-corrected chi connectivity index (χ4v) is 3.57. The molecule has 0 bridgehead atoms. The number of hydrogen-bond acceptors (Lipinski definition) is 4. The second kappa shape index (κ2) is 6.76. The van der Waals surface area contributed by atoms with Crippen molar-refractivity contribution in [3.8, 4) is 11.1 Å². The largest absolute Gasteiger partial charge is 0.450 e. The van der Waals surface area contributed by atoms with Crippen molar-refractivity contribution < 1.29 is 19.1 Å². The highest BCUT2D eigenvalue weighted by Crippen LogP contribution is 2.37. The third kappa shape index (κ3) is 2.88. The molecule has 1 aromatic heterocycles. The van der Waals surface area contributed by atoms with E-state index in [1.807, 2.05) is 36.4 Å². The van der Waals surface area contributed by atoms with Gasteiger partial charge in [0.25, 0.3) is 5.91 Å². The van der Waals surface area contributed by atoms with Crippen molar-refractivity contribution in [3.05, 3.63) is 59.3 Å². The highest BCUT2D eigenvalue weighted by Gasteiger charge is 2.37. The molecule has 26 heavy (non-hydrogen) atoms. The van der Waals surface area contributed by atoms with Gasteiger partial charge in [0.1, 0.15) is 11.7 Å². The van der Waals surface area contributed by atoms with E-state index in [4.69, 9.17) is 20.8 Å². The molecule has 1 aliphatic heterocycles. The molecule has 134 valence electrons. The van der Waals surface area contributed by atoms with E-state index in [-0.39, 0.29) is 18.2 Å². The van der Waals surface area contributed by atoms with Crippen LogP contribution in [0.25, 0.3) is 22.1 Å². The first kappa shape index (κ1) is 17.1. The molecule has 2 atom stereocenters. The summed E-state index contributed by atoms with van der Waals surface area (Å²) in [4.78, 5) is 14.7. The zero-order valence-corrected chi connectivity index (χ0v) is 14.9. The number of methoxy groups -OCH3 is 1. The lowest BCUT2D eigenvalue weighted by Crippen LogP contribution is -2.30. The zero-order valence-electron chi connectivity index (χ0n) is 14.2. The highest BCUT2D eigenvalue weighted by molar-refractivity contribution is 6.31. The second-order valence-corrected chi connectivity index (χ2v) is 6.80. The smallest absolute Gasteiger partial charge is 0.290 e. The predicted octanol–water partition coefficient (Wildman–Crippen LogP) is 3.58. The van der Waals surface area contributed by atoms with E-state index >= 15 is 0 Å². The maximum atomic E-state index is 13.1. The molecule has 4 rings (SSSR count). The molecule has 1 amide bonds. The number of aliphatic hydroxyl groups excluding tert-OH is 1. The Balaban J connectivity index is 1.83. The zero-order chi connectivity index (χ0) is 18.3. The normalized spacial score (nSPS) is 20.0. The van der Waals surface area contributed by atoms with Gasteiger partial charge in [-0.15, -0.1) is 0 Å². The first-order valence-corrected chi connectivity index (χ1v) is 8.74. The fraction of sp³-hybridized carbons (Fsp3) is 0.250. The maximum Gasteiger partial charge on any atom is 0.290 e. The Morgan fingerprint density at radius 2 is 2.00 bits per heavy atom. The summed E-state index contributed by atoms with van der Waals surface area (Å²) < 4.78 is 11.2. The van der Waals surface area contributed by atoms with Crippen molar-refractivity contribution in [2.45, 2.75) is 12.2 Å². The van der Waals surface area contributed by atoms with E-state index in [9.17, 15) is 9.90 Å². The van der Waals surface area contributed by atoms with Crippen LogP contribution in [0.15, 0.2) is 52.9 Å². The number of rotatable bonds is 3. The number of furan rings is 1. The molecule has 0 radical (unpaired) electrons. The van der Waals surface area contributed by atoms with E-state index < -0.39 is 12.2 Å². The molecule has 0 saturated carbocycles. The van der Waals surface area contributed by atoms with E-state index in [1.54, 1.807) is 17.0 Å². The Morgan fingerprint density at radius 1 is 1.23 bits per heavy atom. The van der Waals surface area contributed by atoms with Gasteiger partial charge in [0.2, 0.25) is 5.76 Å². The van der Waals surface area contributed by atoms with Crippen LogP contribution >= 0.6 is 11.6 Å². The topological polar surface area (TPSA) is 62.9 Å². The van der Waals surface area contributed by atoms with Gasteiger partial charge in [-0.1, -0.05) is 41.9 Å². The Labute approximate surface area is 155 Å². The van der Waals surface area contributed by atoms with E-state index in [2.05, 4.69) is 0 Å². The Hall–Kier alpha value is -2.34. The number of aliphatic hydroxyl groups is 1. The number of hydrogen-bond donors (Lipinski definition) is 1. The molecule has 6 heteroatoms. The van der Waals surface area contributed by atoms with Crippen molar-refractivity contribution in [1.29, 1.82) is 0 Å². The minimum Gasteiger partial charge on any atom is -0.450 e. The van der Waals surface area contributed by atoms with Gasteiger partial charge in [-0.2, -0.15) is 0 Å². The summed E-state index contributed by atoms with van der Waals surface area (Å²) in [6.45, 7) is 0.534. The molecular formula is C20H18ClNO4. The summed E-state index contributed by atoms with van der Waals surface area (Å²) in [7, 11) is 1.53. The first-order chi connectivity index (χ1) is 12.6. The summed E-state index contributed by atoms with van der Waals surface area (Å²) >= 11 is 6.09. The lowest BCUT2D eigenvalue weighted by atomic mass is 10.0. The SMILES string of the molecule is CO[C@@H]1CN(C(=O)c2oc3cc(Cl)ccc3c2-c2ccccc2)C[C@H]1O. The number of fused-ring (bicyclic) bond motifs is 1. The van der Waals surface area contributed by atoms with Crippen molar-refractivity contribution in [2.75, 3.05) is 20.2 Å². The van der Waals surface area contributed by atoms with Crippen LogP contribution in [0.3, 0.4) is 0 Å². The number of benzene rings is 2. The van der Waals surface area contributed by atoms with Crippen LogP contribution in [-0.4, -0.2) is 48.3 Å². The van der Waals surface area contributed by atoms with E-state index in [1.165, 1.54) is 7.11 Å². The molecule has 0 spiro atoms. The highest BCUT2D eigenvalue weighted by atomic mass is 35.5. The van der Waals surface area contributed by atoms with Gasteiger partial charge in [0.15, 0.2) is 0 Å². The number of carbonyl (C=O) groups is 1. The van der Waals surface area contributed by atoms with E-state index in [0.29, 0.717) is 17.2 Å². The van der Waals surface area contributed by atoms with Crippen LogP contribution in [0, 0.1) is 0 Å². The Morgan fingerprint density at radius 3 is 2.69 bits per heavy atom. The molecule has 0 aliphatic carbocycles. The maximum absolute atomic E-state index is 13.1. The lowest BCUT2D eigenvalue weighted by Gasteiger charge is -2.15. The second-order valence-electron chi connectivity index (χ2n) is 6.36.